The highest BCUT2D eigenvalue weighted by Crippen LogP contribution is 2.47. The van der Waals surface area contributed by atoms with E-state index in [1.54, 1.807) is 47.4 Å². The Morgan fingerprint density at radius 1 is 0.900 bits per heavy atom. The van der Waals surface area contributed by atoms with E-state index in [-0.39, 0.29) is 30.0 Å². The molecule has 0 saturated carbocycles. The number of carbonyl (C=O) groups excluding carboxylic acids is 5. The lowest BCUT2D eigenvalue weighted by atomic mass is 9.95. The minimum atomic E-state index is -1.65. The van der Waals surface area contributed by atoms with E-state index in [0.717, 1.165) is 49.7 Å². The minimum absolute atomic E-state index is 0.176. The standard InChI is InChI=1S/C35H34ClN3O11/c1-16(40)46-29-30(47-17(2)41)32(48-18(3)42)35(50-31(29)34(44)45-4)49-27-13-26-28(23-8-6-5-7-22(23)27)20(14-36)15-39(26)33(43)25-12-19-11-21(37)9-10-24(19)38-25/h5-13,20,29-32,35,38H,14-15,37H2,1-4H3/t20-,29-,30+,31+,32-,35+/m1/s1. The number of nitrogens with one attached hydrogen (secondary N) is 1. The van der Waals surface area contributed by atoms with E-state index in [0.29, 0.717) is 22.5 Å². The third kappa shape index (κ3) is 6.51. The van der Waals surface area contributed by atoms with Gasteiger partial charge in [-0.15, -0.1) is 11.6 Å². The summed E-state index contributed by atoms with van der Waals surface area (Å²) in [6, 6.07) is 15.9. The Bertz CT molecular complexity index is 2010. The van der Waals surface area contributed by atoms with E-state index >= 15 is 0 Å². The fourth-order valence-corrected chi connectivity index (χ4v) is 6.79. The van der Waals surface area contributed by atoms with Gasteiger partial charge in [0.25, 0.3) is 5.91 Å². The highest BCUT2D eigenvalue weighted by atomic mass is 35.5. The number of nitrogens with two attached hydrogens (primary N) is 1. The fourth-order valence-electron chi connectivity index (χ4n) is 6.54. The second-order valence-corrected chi connectivity index (χ2v) is 12.2. The van der Waals surface area contributed by atoms with Crippen molar-refractivity contribution in [3.8, 4) is 5.75 Å². The largest absolute Gasteiger partial charge is 0.467 e. The molecule has 0 unspecified atom stereocenters. The fraction of sp³-hybridized carbons (Fsp3) is 0.343. The van der Waals surface area contributed by atoms with Crippen molar-refractivity contribution in [3.63, 3.8) is 0 Å². The molecular weight excluding hydrogens is 674 g/mol. The van der Waals surface area contributed by atoms with Gasteiger partial charge in [-0.1, -0.05) is 24.3 Å². The monoisotopic (exact) mass is 707 g/mol. The van der Waals surface area contributed by atoms with Gasteiger partial charge in [0.1, 0.15) is 11.4 Å². The van der Waals surface area contributed by atoms with Gasteiger partial charge in [0.15, 0.2) is 18.3 Å². The molecule has 4 aromatic rings. The number of hydrogen-bond acceptors (Lipinski definition) is 12. The second-order valence-electron chi connectivity index (χ2n) is 11.9. The lowest BCUT2D eigenvalue weighted by Gasteiger charge is -2.43. The van der Waals surface area contributed by atoms with Crippen molar-refractivity contribution in [1.29, 1.82) is 0 Å². The summed E-state index contributed by atoms with van der Waals surface area (Å²) in [7, 11) is 1.10. The predicted octanol–water partition coefficient (Wildman–Crippen LogP) is 3.96. The maximum atomic E-state index is 14.1. The Morgan fingerprint density at radius 3 is 2.22 bits per heavy atom. The number of H-pyrrole nitrogens is 1. The second kappa shape index (κ2) is 13.9. The first-order chi connectivity index (χ1) is 23.9. The number of anilines is 2. The van der Waals surface area contributed by atoms with Crippen LogP contribution in [0.15, 0.2) is 54.6 Å². The van der Waals surface area contributed by atoms with Crippen LogP contribution >= 0.6 is 11.6 Å². The van der Waals surface area contributed by atoms with Crippen LogP contribution in [0.5, 0.6) is 5.75 Å². The number of hydrogen-bond donors (Lipinski definition) is 2. The highest BCUT2D eigenvalue weighted by Gasteiger charge is 2.56. The number of amides is 1. The molecule has 2 aliphatic rings. The summed E-state index contributed by atoms with van der Waals surface area (Å²) in [6.07, 6.45) is -7.89. The van der Waals surface area contributed by atoms with Gasteiger partial charge in [-0.05, 0) is 35.2 Å². The topological polar surface area (TPSA) is 186 Å². The van der Waals surface area contributed by atoms with Crippen LogP contribution < -0.4 is 15.4 Å². The van der Waals surface area contributed by atoms with Gasteiger partial charge in [-0.2, -0.15) is 0 Å². The number of alkyl halides is 1. The molecule has 1 aromatic heterocycles. The first kappa shape index (κ1) is 34.5. The minimum Gasteiger partial charge on any atom is -0.467 e. The molecule has 3 heterocycles. The summed E-state index contributed by atoms with van der Waals surface area (Å²) in [6.45, 7) is 3.57. The first-order valence-electron chi connectivity index (χ1n) is 15.6. The zero-order chi connectivity index (χ0) is 35.9. The third-order valence-electron chi connectivity index (χ3n) is 8.51. The number of nitrogens with zero attached hydrogens (tertiary/aromatic N) is 1. The van der Waals surface area contributed by atoms with Crippen LogP contribution in [0.2, 0.25) is 0 Å². The van der Waals surface area contributed by atoms with Crippen molar-refractivity contribution in [2.75, 3.05) is 30.2 Å². The first-order valence-corrected chi connectivity index (χ1v) is 16.2. The van der Waals surface area contributed by atoms with Crippen LogP contribution in [0.4, 0.5) is 11.4 Å². The molecule has 1 saturated heterocycles. The van der Waals surface area contributed by atoms with Gasteiger partial charge in [-0.3, -0.25) is 19.2 Å². The Morgan fingerprint density at radius 2 is 1.56 bits per heavy atom. The highest BCUT2D eigenvalue weighted by molar-refractivity contribution is 6.19. The Balaban J connectivity index is 1.46. The van der Waals surface area contributed by atoms with Crippen molar-refractivity contribution < 1.29 is 52.4 Å². The van der Waals surface area contributed by atoms with Gasteiger partial charge < -0.3 is 44.0 Å². The van der Waals surface area contributed by atoms with E-state index in [1.165, 1.54) is 0 Å². The van der Waals surface area contributed by atoms with Crippen LogP contribution in [0.3, 0.4) is 0 Å². The number of ether oxygens (including phenoxy) is 6. The number of esters is 4. The van der Waals surface area contributed by atoms with Gasteiger partial charge in [-0.25, -0.2) is 4.79 Å². The van der Waals surface area contributed by atoms with Crippen LogP contribution in [0, 0.1) is 0 Å². The summed E-state index contributed by atoms with van der Waals surface area (Å²) in [5.41, 5.74) is 8.90. The number of fused-ring (bicyclic) bond motifs is 4. The smallest absolute Gasteiger partial charge is 0.339 e. The molecule has 50 heavy (non-hydrogen) atoms. The third-order valence-corrected chi connectivity index (χ3v) is 8.89. The maximum Gasteiger partial charge on any atom is 0.339 e. The molecule has 3 aromatic carbocycles. The van der Waals surface area contributed by atoms with E-state index in [4.69, 9.17) is 45.8 Å². The number of halogens is 1. The van der Waals surface area contributed by atoms with Crippen molar-refractivity contribution in [3.05, 3.63) is 65.9 Å². The summed E-state index contributed by atoms with van der Waals surface area (Å²) < 4.78 is 33.8. The van der Waals surface area contributed by atoms with Crippen LogP contribution in [-0.2, 0) is 42.9 Å². The molecule has 2 aliphatic heterocycles. The molecule has 0 spiro atoms. The van der Waals surface area contributed by atoms with Crippen LogP contribution in [-0.4, -0.2) is 85.0 Å². The lowest BCUT2D eigenvalue weighted by molar-refractivity contribution is -0.282. The number of methoxy groups -OCH3 is 1. The quantitative estimate of drug-likeness (QED) is 0.116. The molecule has 0 bridgehead atoms. The van der Waals surface area contributed by atoms with E-state index < -0.39 is 54.6 Å². The summed E-state index contributed by atoms with van der Waals surface area (Å²) in [4.78, 5) is 68.6. The van der Waals surface area contributed by atoms with Crippen LogP contribution in [0.1, 0.15) is 42.7 Å². The number of aromatic amines is 1. The number of carbonyl (C=O) groups is 5. The molecule has 0 radical (unpaired) electrons. The van der Waals surface area contributed by atoms with Crippen molar-refractivity contribution >= 4 is 74.4 Å². The Kier molecular flexibility index (Phi) is 9.58. The van der Waals surface area contributed by atoms with Gasteiger partial charge in [0, 0.05) is 67.2 Å². The number of aromatic nitrogens is 1. The van der Waals surface area contributed by atoms with Crippen molar-refractivity contribution in [1.82, 2.24) is 4.98 Å². The van der Waals surface area contributed by atoms with E-state index in [2.05, 4.69) is 4.98 Å². The van der Waals surface area contributed by atoms with E-state index in [9.17, 15) is 24.0 Å². The lowest BCUT2D eigenvalue weighted by Crippen LogP contribution is -2.64. The summed E-state index contributed by atoms with van der Waals surface area (Å²) >= 11 is 6.48. The molecule has 15 heteroatoms. The maximum absolute atomic E-state index is 14.1. The molecule has 6 atom stereocenters. The Labute approximate surface area is 290 Å². The molecular formula is C35H34ClN3O11. The molecule has 262 valence electrons. The molecule has 1 fully saturated rings. The molecule has 0 aliphatic carbocycles. The molecule has 1 amide bonds. The van der Waals surface area contributed by atoms with E-state index in [1.807, 2.05) is 12.1 Å². The average Bonchev–Trinajstić information content (AvgIpc) is 3.67. The summed E-state index contributed by atoms with van der Waals surface area (Å²) in [5, 5.41) is 2.08. The van der Waals surface area contributed by atoms with Gasteiger partial charge in [0.05, 0.1) is 12.8 Å². The van der Waals surface area contributed by atoms with Crippen LogP contribution in [0.25, 0.3) is 21.7 Å². The normalized spacial score (nSPS) is 22.9. The Hall–Kier alpha value is -5.34. The predicted molar refractivity (Wildman–Crippen MR) is 180 cm³/mol. The zero-order valence-corrected chi connectivity index (χ0v) is 28.2. The number of nitrogen functional groups attached to an aromatic ring is 1. The SMILES string of the molecule is COC(=O)[C@H]1O[C@H](Oc2cc3c(c4ccccc24)[C@H](CCl)CN3C(=O)c2cc3cc(N)ccc3[nH]2)[C@H](OC(C)=O)[C@@H](OC(C)=O)[C@H]1OC(C)=O. The molecule has 3 N–H and O–H groups in total. The summed E-state index contributed by atoms with van der Waals surface area (Å²) in [5.74, 6) is -3.60. The molecule has 14 nitrogen and oxygen atoms in total. The number of benzene rings is 3. The van der Waals surface area contributed by atoms with Crippen molar-refractivity contribution in [2.45, 2.75) is 57.4 Å². The zero-order valence-electron chi connectivity index (χ0n) is 27.5. The average molecular weight is 708 g/mol. The van der Waals surface area contributed by atoms with Gasteiger partial charge in [0.2, 0.25) is 12.4 Å². The van der Waals surface area contributed by atoms with Gasteiger partial charge >= 0.3 is 23.9 Å². The molecule has 6 rings (SSSR count). The number of rotatable bonds is 8. The van der Waals surface area contributed by atoms with Crippen molar-refractivity contribution in [2.24, 2.45) is 0 Å².